The molecule has 3 amide bonds. The summed E-state index contributed by atoms with van der Waals surface area (Å²) in [6.07, 6.45) is 1.49. The van der Waals surface area contributed by atoms with Crippen molar-refractivity contribution in [2.45, 2.75) is 25.8 Å². The van der Waals surface area contributed by atoms with Gasteiger partial charge < -0.3 is 10.6 Å². The number of likely N-dealkylation sites (N-methyl/N-ethyl adjacent to an activating group) is 1. The van der Waals surface area contributed by atoms with E-state index >= 15 is 0 Å². The van der Waals surface area contributed by atoms with Crippen LogP contribution in [0.4, 0.5) is 4.79 Å². The van der Waals surface area contributed by atoms with E-state index in [1.54, 1.807) is 0 Å². The van der Waals surface area contributed by atoms with Crippen LogP contribution in [0, 0.1) is 0 Å². The van der Waals surface area contributed by atoms with Gasteiger partial charge in [0.25, 0.3) is 0 Å². The van der Waals surface area contributed by atoms with Crippen LogP contribution in [0.1, 0.15) is 19.8 Å². The summed E-state index contributed by atoms with van der Waals surface area (Å²) in [7, 11) is 1.49. The summed E-state index contributed by atoms with van der Waals surface area (Å²) in [6, 6.07) is 0.0772. The van der Waals surface area contributed by atoms with Gasteiger partial charge in [0.05, 0.1) is 0 Å². The van der Waals surface area contributed by atoms with E-state index in [0.29, 0.717) is 19.0 Å². The molecular formula is C11H22N4O2. The lowest BCUT2D eigenvalue weighted by Crippen LogP contribution is -2.42. The normalized spacial score (nSPS) is 19.4. The number of carbonyl (C=O) groups is 2. The van der Waals surface area contributed by atoms with E-state index < -0.39 is 6.03 Å². The molecule has 0 aromatic rings. The SMILES string of the molecule is CCN(CCC(=O)NC(=O)NC)C1CCNC1. The number of nitrogens with one attached hydrogen (secondary N) is 3. The molecule has 0 aromatic heterocycles. The van der Waals surface area contributed by atoms with Crippen molar-refractivity contribution >= 4 is 11.9 Å². The molecular weight excluding hydrogens is 220 g/mol. The molecule has 1 aliphatic rings. The summed E-state index contributed by atoms with van der Waals surface area (Å²) < 4.78 is 0. The Morgan fingerprint density at radius 2 is 2.24 bits per heavy atom. The van der Waals surface area contributed by atoms with Gasteiger partial charge in [-0.2, -0.15) is 0 Å². The first-order chi connectivity index (χ1) is 8.17. The molecule has 98 valence electrons. The van der Waals surface area contributed by atoms with E-state index in [-0.39, 0.29) is 5.91 Å². The Bertz CT molecular complexity index is 264. The summed E-state index contributed by atoms with van der Waals surface area (Å²) in [6.45, 7) is 5.76. The third-order valence-corrected chi connectivity index (χ3v) is 3.06. The molecule has 1 atom stereocenters. The number of imide groups is 1. The number of hydrogen-bond acceptors (Lipinski definition) is 4. The highest BCUT2D eigenvalue weighted by Gasteiger charge is 2.21. The number of carbonyl (C=O) groups excluding carboxylic acids is 2. The Morgan fingerprint density at radius 1 is 1.47 bits per heavy atom. The zero-order valence-electron chi connectivity index (χ0n) is 10.6. The van der Waals surface area contributed by atoms with Crippen LogP contribution in [0.5, 0.6) is 0 Å². The molecule has 1 unspecified atom stereocenters. The average Bonchev–Trinajstić information content (AvgIpc) is 2.83. The number of hydrogen-bond donors (Lipinski definition) is 3. The Morgan fingerprint density at radius 3 is 2.76 bits per heavy atom. The van der Waals surface area contributed by atoms with Crippen LogP contribution in [0.2, 0.25) is 0 Å². The van der Waals surface area contributed by atoms with Gasteiger partial charge in [0.15, 0.2) is 0 Å². The Kier molecular flexibility index (Phi) is 5.93. The van der Waals surface area contributed by atoms with E-state index in [9.17, 15) is 9.59 Å². The van der Waals surface area contributed by atoms with Crippen molar-refractivity contribution in [1.82, 2.24) is 20.9 Å². The van der Waals surface area contributed by atoms with Gasteiger partial charge in [0, 0.05) is 32.6 Å². The van der Waals surface area contributed by atoms with Gasteiger partial charge in [-0.1, -0.05) is 6.92 Å². The summed E-state index contributed by atoms with van der Waals surface area (Å²) in [5.41, 5.74) is 0. The highest BCUT2D eigenvalue weighted by atomic mass is 16.2. The standard InChI is InChI=1S/C11H22N4O2/c1-3-15(9-4-6-13-8-9)7-5-10(16)14-11(17)12-2/h9,13H,3-8H2,1-2H3,(H2,12,14,16,17). The fraction of sp³-hybridized carbons (Fsp3) is 0.818. The molecule has 0 radical (unpaired) electrons. The highest BCUT2D eigenvalue weighted by Crippen LogP contribution is 2.08. The van der Waals surface area contributed by atoms with E-state index in [4.69, 9.17) is 0 Å². The van der Waals surface area contributed by atoms with Crippen molar-refractivity contribution in [3.63, 3.8) is 0 Å². The van der Waals surface area contributed by atoms with Crippen molar-refractivity contribution in [2.75, 3.05) is 33.2 Å². The molecule has 1 fully saturated rings. The highest BCUT2D eigenvalue weighted by molar-refractivity contribution is 5.94. The van der Waals surface area contributed by atoms with Crippen LogP contribution in [0.25, 0.3) is 0 Å². The van der Waals surface area contributed by atoms with Crippen molar-refractivity contribution in [2.24, 2.45) is 0 Å². The van der Waals surface area contributed by atoms with Gasteiger partial charge >= 0.3 is 6.03 Å². The number of nitrogens with zero attached hydrogens (tertiary/aromatic N) is 1. The third kappa shape index (κ3) is 4.70. The van der Waals surface area contributed by atoms with Gasteiger partial charge in [-0.3, -0.25) is 15.0 Å². The molecule has 0 aliphatic carbocycles. The molecule has 0 saturated carbocycles. The van der Waals surface area contributed by atoms with Crippen LogP contribution in [-0.4, -0.2) is 56.1 Å². The Hall–Kier alpha value is -1.14. The minimum absolute atomic E-state index is 0.228. The molecule has 0 aromatic carbocycles. The van der Waals surface area contributed by atoms with E-state index in [0.717, 1.165) is 26.1 Å². The zero-order valence-corrected chi connectivity index (χ0v) is 10.6. The van der Waals surface area contributed by atoms with Crippen LogP contribution >= 0.6 is 0 Å². The minimum Gasteiger partial charge on any atom is -0.341 e. The monoisotopic (exact) mass is 242 g/mol. The fourth-order valence-corrected chi connectivity index (χ4v) is 2.05. The number of rotatable bonds is 5. The first kappa shape index (κ1) is 13.9. The van der Waals surface area contributed by atoms with Gasteiger partial charge in [0.1, 0.15) is 0 Å². The summed E-state index contributed by atoms with van der Waals surface area (Å²) >= 11 is 0. The second kappa shape index (κ2) is 7.24. The topological polar surface area (TPSA) is 73.5 Å². The third-order valence-electron chi connectivity index (χ3n) is 3.06. The van der Waals surface area contributed by atoms with Crippen molar-refractivity contribution in [3.05, 3.63) is 0 Å². The molecule has 6 heteroatoms. The molecule has 17 heavy (non-hydrogen) atoms. The van der Waals surface area contributed by atoms with Crippen LogP contribution < -0.4 is 16.0 Å². The second-order valence-electron chi connectivity index (χ2n) is 4.15. The zero-order chi connectivity index (χ0) is 12.7. The van der Waals surface area contributed by atoms with Crippen LogP contribution in [-0.2, 0) is 4.79 Å². The van der Waals surface area contributed by atoms with Crippen molar-refractivity contribution < 1.29 is 9.59 Å². The smallest absolute Gasteiger partial charge is 0.321 e. The minimum atomic E-state index is -0.444. The van der Waals surface area contributed by atoms with Gasteiger partial charge in [-0.05, 0) is 19.5 Å². The predicted molar refractivity (Wildman–Crippen MR) is 65.7 cm³/mol. The molecule has 0 spiro atoms. The van der Waals surface area contributed by atoms with Gasteiger partial charge in [0.2, 0.25) is 5.91 Å². The lowest BCUT2D eigenvalue weighted by atomic mass is 10.2. The Balaban J connectivity index is 2.26. The maximum absolute atomic E-state index is 11.4. The lowest BCUT2D eigenvalue weighted by Gasteiger charge is -2.26. The van der Waals surface area contributed by atoms with Crippen LogP contribution in [0.3, 0.4) is 0 Å². The molecule has 6 nitrogen and oxygen atoms in total. The summed E-state index contributed by atoms with van der Waals surface area (Å²) in [5, 5.41) is 7.94. The quantitative estimate of drug-likeness (QED) is 0.608. The van der Waals surface area contributed by atoms with Crippen molar-refractivity contribution in [1.29, 1.82) is 0 Å². The van der Waals surface area contributed by atoms with Crippen LogP contribution in [0.15, 0.2) is 0 Å². The second-order valence-corrected chi connectivity index (χ2v) is 4.15. The largest absolute Gasteiger partial charge is 0.341 e. The molecule has 3 N–H and O–H groups in total. The van der Waals surface area contributed by atoms with Gasteiger partial charge in [-0.25, -0.2) is 4.79 Å². The Labute approximate surface area is 102 Å². The lowest BCUT2D eigenvalue weighted by molar-refractivity contribution is -0.120. The predicted octanol–water partition coefficient (Wildman–Crippen LogP) is -0.484. The average molecular weight is 242 g/mol. The molecule has 1 aliphatic heterocycles. The maximum atomic E-state index is 11.4. The van der Waals surface area contributed by atoms with E-state index in [1.165, 1.54) is 7.05 Å². The first-order valence-electron chi connectivity index (χ1n) is 6.13. The fourth-order valence-electron chi connectivity index (χ4n) is 2.05. The van der Waals surface area contributed by atoms with Crippen molar-refractivity contribution in [3.8, 4) is 0 Å². The molecule has 1 saturated heterocycles. The summed E-state index contributed by atoms with van der Waals surface area (Å²) in [5.74, 6) is -0.228. The molecule has 1 rings (SSSR count). The first-order valence-corrected chi connectivity index (χ1v) is 6.13. The van der Waals surface area contributed by atoms with Gasteiger partial charge in [-0.15, -0.1) is 0 Å². The maximum Gasteiger partial charge on any atom is 0.321 e. The number of urea groups is 1. The molecule has 1 heterocycles. The van der Waals surface area contributed by atoms with E-state index in [1.807, 2.05) is 0 Å². The number of amides is 3. The molecule has 0 bridgehead atoms. The summed E-state index contributed by atoms with van der Waals surface area (Å²) in [4.78, 5) is 24.6. The van der Waals surface area contributed by atoms with E-state index in [2.05, 4.69) is 27.8 Å².